The maximum absolute atomic E-state index is 2.34. The summed E-state index contributed by atoms with van der Waals surface area (Å²) in [6.45, 7) is 27.9. The topological polar surface area (TPSA) is 0 Å². The number of rotatable bonds is 3. The van der Waals surface area contributed by atoms with Gasteiger partial charge < -0.3 is 0 Å². The minimum Gasteiger partial charge on any atom is -0.0983 e. The van der Waals surface area contributed by atoms with E-state index in [4.69, 9.17) is 0 Å². The van der Waals surface area contributed by atoms with Crippen molar-refractivity contribution in [3.8, 4) is 0 Å². The van der Waals surface area contributed by atoms with Gasteiger partial charge in [0.15, 0.2) is 0 Å². The van der Waals surface area contributed by atoms with Gasteiger partial charge in [-0.05, 0) is 16.2 Å². The van der Waals surface area contributed by atoms with Crippen molar-refractivity contribution in [1.29, 1.82) is 0 Å². The van der Waals surface area contributed by atoms with E-state index in [0.717, 1.165) is 17.8 Å². The molecule has 3 heteroatoms. The molecule has 0 saturated carbocycles. The molecule has 0 aliphatic carbocycles. The van der Waals surface area contributed by atoms with Crippen molar-refractivity contribution in [3.05, 3.63) is 0 Å². The van der Waals surface area contributed by atoms with Gasteiger partial charge in [0.25, 0.3) is 0 Å². The van der Waals surface area contributed by atoms with E-state index in [1.165, 1.54) is 64.7 Å². The molecule has 0 aromatic carbocycles. The maximum Gasteiger partial charge on any atom is 0.212 e. The lowest BCUT2D eigenvalue weighted by atomic mass is 9.83. The van der Waals surface area contributed by atoms with Gasteiger partial charge in [0.05, 0.1) is 0 Å². The van der Waals surface area contributed by atoms with Gasteiger partial charge >= 0.3 is 0 Å². The van der Waals surface area contributed by atoms with E-state index >= 15 is 0 Å². The lowest BCUT2D eigenvalue weighted by Crippen LogP contribution is -2.16. The Morgan fingerprint density at radius 1 is 0.458 bits per heavy atom. The molecule has 0 aliphatic heterocycles. The van der Waals surface area contributed by atoms with Crippen molar-refractivity contribution in [1.82, 2.24) is 0 Å². The van der Waals surface area contributed by atoms with Crippen LogP contribution in [-0.4, -0.2) is 48.9 Å². The van der Waals surface area contributed by atoms with Gasteiger partial charge in [0.2, 0.25) is 48.9 Å². The molecule has 0 N–H and O–H groups in total. The Hall–Kier alpha value is 1.60. The van der Waals surface area contributed by atoms with E-state index in [0.29, 0.717) is 16.2 Å². The van der Waals surface area contributed by atoms with Crippen LogP contribution in [0.1, 0.15) is 83.1 Å². The average molecular weight is 385 g/mol. The Balaban J connectivity index is -0.000000276. The van der Waals surface area contributed by atoms with E-state index in [1.807, 2.05) is 0 Å². The van der Waals surface area contributed by atoms with Crippen LogP contribution in [0.15, 0.2) is 0 Å². The monoisotopic (exact) mass is 384 g/mol. The van der Waals surface area contributed by atoms with Gasteiger partial charge in [-0.2, -0.15) is 0 Å². The lowest BCUT2D eigenvalue weighted by molar-refractivity contribution is 0.284. The molecule has 0 heterocycles. The third-order valence-corrected chi connectivity index (χ3v) is 9.95. The first kappa shape index (κ1) is 30.3. The molecular formula is C21H51Al3. The van der Waals surface area contributed by atoms with Crippen LogP contribution in [0.5, 0.6) is 0 Å². The minimum atomic E-state index is 0.543. The highest BCUT2D eigenvalue weighted by Crippen LogP contribution is 2.28. The molecule has 0 aromatic rings. The third-order valence-electron chi connectivity index (χ3n) is 6.27. The minimum absolute atomic E-state index is 0.543. The lowest BCUT2D eigenvalue weighted by Gasteiger charge is -2.25. The van der Waals surface area contributed by atoms with Crippen LogP contribution >= 0.6 is 0 Å². The molecule has 3 atom stereocenters. The molecule has 0 amide bonds. The van der Waals surface area contributed by atoms with Gasteiger partial charge in [-0.25, -0.2) is 0 Å². The highest BCUT2D eigenvalue weighted by Gasteiger charge is 2.18. The zero-order valence-corrected chi connectivity index (χ0v) is 26.4. The summed E-state index contributed by atoms with van der Waals surface area (Å²) in [5.74, 6) is 2.73. The summed E-state index contributed by atoms with van der Waals surface area (Å²) in [7, 11) is 0. The third kappa shape index (κ3) is 18.4. The summed E-state index contributed by atoms with van der Waals surface area (Å²) in [5, 5.41) is 4.30. The molecule has 3 unspecified atom stereocenters. The second-order valence-corrected chi connectivity index (χ2v) is 13.5. The summed E-state index contributed by atoms with van der Waals surface area (Å²) in [5.41, 5.74) is 1.63. The number of hydrogen-bond donors (Lipinski definition) is 0. The van der Waals surface area contributed by atoms with Crippen molar-refractivity contribution >= 4 is 48.9 Å². The van der Waals surface area contributed by atoms with Crippen LogP contribution in [0.4, 0.5) is 0 Å². The van der Waals surface area contributed by atoms with Crippen LogP contribution < -0.4 is 0 Å². The van der Waals surface area contributed by atoms with E-state index in [2.05, 4.69) is 83.1 Å². The zero-order valence-electron chi connectivity index (χ0n) is 20.4. The van der Waals surface area contributed by atoms with Crippen LogP contribution in [0.3, 0.4) is 0 Å². The Labute approximate surface area is 181 Å². The Morgan fingerprint density at radius 3 is 0.583 bits per heavy atom. The molecule has 0 spiro atoms. The van der Waals surface area contributed by atoms with Crippen LogP contribution in [0, 0.1) is 34.0 Å². The van der Waals surface area contributed by atoms with Crippen molar-refractivity contribution < 1.29 is 0 Å². The fraction of sp³-hybridized carbons (Fsp3) is 1.00. The summed E-state index contributed by atoms with van der Waals surface area (Å²) >= 11 is 4.06. The smallest absolute Gasteiger partial charge is 0.0983 e. The largest absolute Gasteiger partial charge is 0.212 e. The molecule has 0 aliphatic rings. The van der Waals surface area contributed by atoms with Crippen LogP contribution in [-0.2, 0) is 0 Å². The second kappa shape index (κ2) is 13.7. The quantitative estimate of drug-likeness (QED) is 0.590. The fourth-order valence-corrected chi connectivity index (χ4v) is 5.51. The second-order valence-electron chi connectivity index (χ2n) is 11.0. The van der Waals surface area contributed by atoms with Gasteiger partial charge in [0, 0.05) is 0 Å². The summed E-state index contributed by atoms with van der Waals surface area (Å²) in [6.07, 6.45) is 0. The van der Waals surface area contributed by atoms with Gasteiger partial charge in [-0.1, -0.05) is 117 Å². The summed E-state index contributed by atoms with van der Waals surface area (Å²) in [6, 6.07) is 0. The van der Waals surface area contributed by atoms with Gasteiger partial charge in [0.1, 0.15) is 0 Å². The molecule has 0 bridgehead atoms. The summed E-state index contributed by atoms with van der Waals surface area (Å²) in [4.78, 5) is 0. The fourth-order valence-electron chi connectivity index (χ4n) is 1.84. The highest BCUT2D eigenvalue weighted by atomic mass is 27.1. The van der Waals surface area contributed by atoms with Crippen molar-refractivity contribution in [2.24, 2.45) is 34.0 Å². The zero-order chi connectivity index (χ0) is 20.4. The molecule has 0 nitrogen and oxygen atoms in total. The number of hydrogen-bond acceptors (Lipinski definition) is 0. The molecule has 0 rings (SSSR count). The SMILES string of the molecule is CC([CH2][AlH2])C(C)(C)C.CC([CH2][AlH2])C(C)(C)C.CC([CH2][AlH2])C(C)(C)C. The van der Waals surface area contributed by atoms with E-state index < -0.39 is 0 Å². The first-order chi connectivity index (χ1) is 10.4. The Morgan fingerprint density at radius 2 is 0.583 bits per heavy atom. The van der Waals surface area contributed by atoms with E-state index in [9.17, 15) is 0 Å². The highest BCUT2D eigenvalue weighted by molar-refractivity contribution is 6.09. The molecule has 0 aromatic heterocycles. The molecular weight excluding hydrogens is 333 g/mol. The Bertz CT molecular complexity index is 231. The van der Waals surface area contributed by atoms with Crippen LogP contribution in [0.25, 0.3) is 0 Å². The molecule has 0 fully saturated rings. The predicted octanol–water partition coefficient (Wildman–Crippen LogP) is 5.16. The first-order valence-corrected chi connectivity index (χ1v) is 14.7. The average Bonchev–Trinajstić information content (AvgIpc) is 2.42. The summed E-state index contributed by atoms with van der Waals surface area (Å²) < 4.78 is 0. The molecule has 0 saturated heterocycles. The van der Waals surface area contributed by atoms with E-state index in [-0.39, 0.29) is 0 Å². The first-order valence-electron chi connectivity index (χ1n) is 10.4. The maximum atomic E-state index is 2.34. The molecule has 144 valence electrons. The van der Waals surface area contributed by atoms with Crippen LogP contribution in [0.2, 0.25) is 15.8 Å². The Kier molecular flexibility index (Phi) is 17.3. The normalized spacial score (nSPS) is 16.0. The van der Waals surface area contributed by atoms with Crippen molar-refractivity contribution in [2.45, 2.75) is 98.9 Å². The van der Waals surface area contributed by atoms with Crippen molar-refractivity contribution in [2.75, 3.05) is 0 Å². The molecule has 24 heavy (non-hydrogen) atoms. The van der Waals surface area contributed by atoms with Gasteiger partial charge in [-0.3, -0.25) is 0 Å². The predicted molar refractivity (Wildman–Crippen MR) is 126 cm³/mol. The van der Waals surface area contributed by atoms with Crippen molar-refractivity contribution in [3.63, 3.8) is 0 Å². The molecule has 0 radical (unpaired) electrons. The standard InChI is InChI=1S/3C7H15.3Al.6H/c3*1-6(2)7(3,4)5;;;;;;;;;/h3*6H,1H2,2-5H3;;;;;;;;;. The van der Waals surface area contributed by atoms with E-state index in [1.54, 1.807) is 0 Å². The van der Waals surface area contributed by atoms with Gasteiger partial charge in [-0.15, -0.1) is 0 Å².